The number of rotatable bonds is 16. The molecule has 8 nitrogen and oxygen atoms in total. The minimum atomic E-state index is -3.64. The van der Waals surface area contributed by atoms with Gasteiger partial charge < -0.3 is 9.72 Å². The van der Waals surface area contributed by atoms with Gasteiger partial charge in [0.1, 0.15) is 17.4 Å². The zero-order valence-electron chi connectivity index (χ0n) is 20.5. The minimum Gasteiger partial charge on any atom is -0.465 e. The van der Waals surface area contributed by atoms with Crippen LogP contribution in [0.3, 0.4) is 0 Å². The third-order valence-electron chi connectivity index (χ3n) is 5.48. The van der Waals surface area contributed by atoms with Crippen molar-refractivity contribution in [2.45, 2.75) is 91.5 Å². The summed E-state index contributed by atoms with van der Waals surface area (Å²) in [6, 6.07) is 0.996. The Kier molecular flexibility index (Phi) is 11.3. The number of fused-ring (bicyclic) bond motifs is 1. The fourth-order valence-corrected chi connectivity index (χ4v) is 5.09. The number of imidazole rings is 1. The maximum absolute atomic E-state index is 12.7. The predicted molar refractivity (Wildman–Crippen MR) is 131 cm³/mol. The van der Waals surface area contributed by atoms with E-state index in [0.717, 1.165) is 41.8 Å². The summed E-state index contributed by atoms with van der Waals surface area (Å²) in [7, 11) is -3.64. The molecule has 0 aliphatic carbocycles. The highest BCUT2D eigenvalue weighted by atomic mass is 32.2. The van der Waals surface area contributed by atoms with Crippen LogP contribution < -0.4 is 4.72 Å². The number of carbonyl (C=O) groups is 1. The van der Waals surface area contributed by atoms with Crippen molar-refractivity contribution in [3.8, 4) is 0 Å². The molecular formula is C24H40N4O4S. The van der Waals surface area contributed by atoms with Crippen molar-refractivity contribution in [1.29, 1.82) is 0 Å². The fourth-order valence-electron chi connectivity index (χ4n) is 3.82. The number of unbranched alkanes of at least 4 members (excludes halogenated alkanes) is 5. The smallest absolute Gasteiger partial charge is 0.324 e. The van der Waals surface area contributed by atoms with Crippen LogP contribution in [0.5, 0.6) is 0 Å². The summed E-state index contributed by atoms with van der Waals surface area (Å²) in [6.45, 7) is 8.30. The van der Waals surface area contributed by atoms with Crippen molar-refractivity contribution in [3.05, 3.63) is 23.8 Å². The van der Waals surface area contributed by atoms with Gasteiger partial charge in [0, 0.05) is 6.20 Å². The largest absolute Gasteiger partial charge is 0.465 e. The van der Waals surface area contributed by atoms with Gasteiger partial charge >= 0.3 is 5.97 Å². The lowest BCUT2D eigenvalue weighted by molar-refractivity contribution is -0.146. The van der Waals surface area contributed by atoms with Crippen LogP contribution in [0.4, 0.5) is 0 Å². The third kappa shape index (κ3) is 9.80. The maximum Gasteiger partial charge on any atom is 0.324 e. The Labute approximate surface area is 198 Å². The summed E-state index contributed by atoms with van der Waals surface area (Å²) in [6.07, 6.45) is 9.55. The molecule has 0 amide bonds. The number of nitrogens with zero attached hydrogens (tertiary/aromatic N) is 2. The standard InChI is InChI=1S/C24H40N4O4S/c1-5-6-7-8-9-10-15-32-24(29)22(17-18(2)3)28-33(30,31)16-11-12-20-23-21(13-14-25-20)26-19(4)27-23/h13-14,18,22,28H,5-12,15-17H2,1-4H3,(H,26,27)/t22-/m0/s1. The molecule has 2 aromatic heterocycles. The molecule has 0 spiro atoms. The molecule has 1 atom stereocenters. The van der Waals surface area contributed by atoms with Crippen molar-refractivity contribution in [2.75, 3.05) is 12.4 Å². The number of hydrogen-bond donors (Lipinski definition) is 2. The van der Waals surface area contributed by atoms with E-state index >= 15 is 0 Å². The Morgan fingerprint density at radius 3 is 2.61 bits per heavy atom. The summed E-state index contributed by atoms with van der Waals surface area (Å²) in [5.74, 6) is 0.376. The summed E-state index contributed by atoms with van der Waals surface area (Å²) in [4.78, 5) is 24.5. The van der Waals surface area contributed by atoms with Gasteiger partial charge in [-0.1, -0.05) is 52.9 Å². The van der Waals surface area contributed by atoms with E-state index in [0.29, 0.717) is 25.9 Å². The van der Waals surface area contributed by atoms with Crippen LogP contribution in [0.1, 0.15) is 83.7 Å². The van der Waals surface area contributed by atoms with Gasteiger partial charge in [-0.2, -0.15) is 0 Å². The molecule has 186 valence electrons. The molecule has 2 rings (SSSR count). The molecular weight excluding hydrogens is 440 g/mol. The SMILES string of the molecule is CCCCCCCCOC(=O)[C@H](CC(C)C)NS(=O)(=O)CCCc1nccc2[nH]c(C)nc12. The van der Waals surface area contributed by atoms with Gasteiger partial charge in [-0.3, -0.25) is 9.78 Å². The zero-order chi connectivity index (χ0) is 24.3. The van der Waals surface area contributed by atoms with E-state index in [1.165, 1.54) is 19.3 Å². The number of nitrogens with one attached hydrogen (secondary N) is 2. The van der Waals surface area contributed by atoms with E-state index in [-0.39, 0.29) is 11.7 Å². The second kappa shape index (κ2) is 13.6. The second-order valence-corrected chi connectivity index (χ2v) is 11.0. The zero-order valence-corrected chi connectivity index (χ0v) is 21.3. The highest BCUT2D eigenvalue weighted by Crippen LogP contribution is 2.16. The average Bonchev–Trinajstić information content (AvgIpc) is 3.13. The second-order valence-electron chi connectivity index (χ2n) is 9.13. The van der Waals surface area contributed by atoms with E-state index in [1.54, 1.807) is 6.20 Å². The molecule has 0 saturated heterocycles. The molecule has 2 heterocycles. The number of H-pyrrole nitrogens is 1. The van der Waals surface area contributed by atoms with Crippen LogP contribution in [0.25, 0.3) is 11.0 Å². The van der Waals surface area contributed by atoms with Crippen LogP contribution in [-0.2, 0) is 26.0 Å². The number of carbonyl (C=O) groups excluding carboxylic acids is 1. The van der Waals surface area contributed by atoms with Crippen LogP contribution >= 0.6 is 0 Å². The van der Waals surface area contributed by atoms with Crippen molar-refractivity contribution in [2.24, 2.45) is 5.92 Å². The van der Waals surface area contributed by atoms with E-state index in [1.807, 2.05) is 26.8 Å². The topological polar surface area (TPSA) is 114 Å². The summed E-state index contributed by atoms with van der Waals surface area (Å²) < 4.78 is 33.4. The molecule has 0 fully saturated rings. The molecule has 2 aromatic rings. The molecule has 0 saturated carbocycles. The lowest BCUT2D eigenvalue weighted by Crippen LogP contribution is -2.43. The molecule has 0 aliphatic rings. The number of aromatic amines is 1. The first-order valence-corrected chi connectivity index (χ1v) is 13.8. The molecule has 0 aromatic carbocycles. The summed E-state index contributed by atoms with van der Waals surface area (Å²) in [5, 5.41) is 0. The Hall–Kier alpha value is -2.00. The van der Waals surface area contributed by atoms with Gasteiger partial charge in [0.05, 0.1) is 23.6 Å². The van der Waals surface area contributed by atoms with Crippen molar-refractivity contribution in [1.82, 2.24) is 19.7 Å². The summed E-state index contributed by atoms with van der Waals surface area (Å²) in [5.41, 5.74) is 2.43. The lowest BCUT2D eigenvalue weighted by Gasteiger charge is -2.19. The molecule has 0 radical (unpaired) electrons. The van der Waals surface area contributed by atoms with E-state index in [2.05, 4.69) is 26.6 Å². The number of hydrogen-bond acceptors (Lipinski definition) is 6. The first-order valence-electron chi connectivity index (χ1n) is 12.2. The summed E-state index contributed by atoms with van der Waals surface area (Å²) >= 11 is 0. The molecule has 0 unspecified atom stereocenters. The number of pyridine rings is 1. The molecule has 2 N–H and O–H groups in total. The highest BCUT2D eigenvalue weighted by molar-refractivity contribution is 7.89. The van der Waals surface area contributed by atoms with Crippen molar-refractivity contribution in [3.63, 3.8) is 0 Å². The molecule has 0 bridgehead atoms. The molecule has 0 aliphatic heterocycles. The van der Waals surface area contributed by atoms with Gasteiger partial charge in [-0.15, -0.1) is 0 Å². The van der Waals surface area contributed by atoms with Gasteiger partial charge in [0.15, 0.2) is 0 Å². The van der Waals surface area contributed by atoms with Gasteiger partial charge in [-0.25, -0.2) is 18.1 Å². The third-order valence-corrected chi connectivity index (χ3v) is 6.95. The maximum atomic E-state index is 12.7. The van der Waals surface area contributed by atoms with Gasteiger partial charge in [0.2, 0.25) is 10.0 Å². The fraction of sp³-hybridized carbons (Fsp3) is 0.708. The molecule has 33 heavy (non-hydrogen) atoms. The van der Waals surface area contributed by atoms with Crippen molar-refractivity contribution >= 4 is 27.0 Å². The Balaban J connectivity index is 1.84. The average molecular weight is 481 g/mol. The van der Waals surface area contributed by atoms with E-state index in [4.69, 9.17) is 4.74 Å². The van der Waals surface area contributed by atoms with Gasteiger partial charge in [0.25, 0.3) is 0 Å². The minimum absolute atomic E-state index is 0.0895. The monoisotopic (exact) mass is 480 g/mol. The van der Waals surface area contributed by atoms with Crippen LogP contribution in [-0.4, -0.2) is 47.7 Å². The predicted octanol–water partition coefficient (Wildman–Crippen LogP) is 4.44. The normalized spacial score (nSPS) is 13.0. The first kappa shape index (κ1) is 27.2. The Morgan fingerprint density at radius 1 is 1.15 bits per heavy atom. The van der Waals surface area contributed by atoms with E-state index < -0.39 is 22.0 Å². The first-order chi connectivity index (χ1) is 15.7. The quantitative estimate of drug-likeness (QED) is 0.271. The van der Waals surface area contributed by atoms with E-state index in [9.17, 15) is 13.2 Å². The number of aromatic nitrogens is 3. The number of sulfonamides is 1. The van der Waals surface area contributed by atoms with Crippen LogP contribution in [0.2, 0.25) is 0 Å². The number of aryl methyl sites for hydroxylation is 2. The van der Waals surface area contributed by atoms with Crippen molar-refractivity contribution < 1.29 is 17.9 Å². The molecule has 9 heteroatoms. The number of esters is 1. The highest BCUT2D eigenvalue weighted by Gasteiger charge is 2.26. The van der Waals surface area contributed by atoms with Gasteiger partial charge in [-0.05, 0) is 44.6 Å². The van der Waals surface area contributed by atoms with Crippen LogP contribution in [0, 0.1) is 12.8 Å². The lowest BCUT2D eigenvalue weighted by atomic mass is 10.1. The Morgan fingerprint density at radius 2 is 1.88 bits per heavy atom. The number of ether oxygens (including phenoxy) is 1. The van der Waals surface area contributed by atoms with Crippen LogP contribution in [0.15, 0.2) is 12.3 Å². The Bertz CT molecular complexity index is 972.